The third-order valence-electron chi connectivity index (χ3n) is 4.63. The van der Waals surface area contributed by atoms with Crippen molar-refractivity contribution in [2.45, 2.75) is 50.6 Å². The number of amides is 3. The van der Waals surface area contributed by atoms with Crippen molar-refractivity contribution in [3.8, 4) is 0 Å². The molecule has 0 bridgehead atoms. The van der Waals surface area contributed by atoms with Gasteiger partial charge in [-0.1, -0.05) is 25.0 Å². The predicted octanol–water partition coefficient (Wildman–Crippen LogP) is 0.792. The third-order valence-corrected chi connectivity index (χ3v) is 4.63. The van der Waals surface area contributed by atoms with Crippen molar-refractivity contribution in [2.75, 3.05) is 6.61 Å². The van der Waals surface area contributed by atoms with Gasteiger partial charge in [0.1, 0.15) is 17.4 Å². The number of nitrogens with two attached hydrogens (primary N) is 1. The summed E-state index contributed by atoms with van der Waals surface area (Å²) in [6.07, 6.45) is 1.73. The maximum Gasteiger partial charge on any atom is 0.331 e. The fourth-order valence-electron chi connectivity index (χ4n) is 3.24. The van der Waals surface area contributed by atoms with Crippen LogP contribution >= 0.6 is 0 Å². The molecule has 1 aliphatic rings. The lowest BCUT2D eigenvalue weighted by Crippen LogP contribution is -2.59. The Balaban J connectivity index is 2.18. The van der Waals surface area contributed by atoms with Crippen LogP contribution in [0, 0.1) is 5.82 Å². The van der Waals surface area contributed by atoms with E-state index in [4.69, 9.17) is 10.5 Å². The molecule has 1 saturated carbocycles. The van der Waals surface area contributed by atoms with Crippen LogP contribution in [0.2, 0.25) is 0 Å². The van der Waals surface area contributed by atoms with Crippen molar-refractivity contribution in [3.63, 3.8) is 0 Å². The third kappa shape index (κ3) is 5.05. The first-order chi connectivity index (χ1) is 13.3. The summed E-state index contributed by atoms with van der Waals surface area (Å²) in [7, 11) is 0. The summed E-state index contributed by atoms with van der Waals surface area (Å²) in [5, 5.41) is 4.95. The molecule has 152 valence electrons. The zero-order valence-corrected chi connectivity index (χ0v) is 15.6. The summed E-state index contributed by atoms with van der Waals surface area (Å²) >= 11 is 0. The highest BCUT2D eigenvalue weighted by atomic mass is 19.1. The highest BCUT2D eigenvalue weighted by molar-refractivity contribution is 6.00. The summed E-state index contributed by atoms with van der Waals surface area (Å²) in [6, 6.07) is 3.89. The van der Waals surface area contributed by atoms with Crippen LogP contribution in [0.4, 0.5) is 4.39 Å². The Morgan fingerprint density at radius 3 is 2.43 bits per heavy atom. The van der Waals surface area contributed by atoms with Crippen LogP contribution in [0.15, 0.2) is 24.3 Å². The molecule has 0 radical (unpaired) electrons. The second kappa shape index (κ2) is 9.29. The highest BCUT2D eigenvalue weighted by Crippen LogP contribution is 2.31. The minimum Gasteiger partial charge on any atom is -0.464 e. The number of esters is 1. The van der Waals surface area contributed by atoms with E-state index in [0.717, 1.165) is 18.9 Å². The number of primary amides is 1. The molecular formula is C19H24FN3O5. The summed E-state index contributed by atoms with van der Waals surface area (Å²) in [6.45, 7) is 1.82. The van der Waals surface area contributed by atoms with E-state index in [2.05, 4.69) is 10.6 Å². The number of hydrogen-bond donors (Lipinski definition) is 3. The van der Waals surface area contributed by atoms with E-state index in [-0.39, 0.29) is 12.2 Å². The van der Waals surface area contributed by atoms with Crippen LogP contribution in [-0.2, 0) is 19.1 Å². The molecule has 0 saturated heterocycles. The lowest BCUT2D eigenvalue weighted by molar-refractivity contribution is -0.153. The first-order valence-electron chi connectivity index (χ1n) is 9.12. The van der Waals surface area contributed by atoms with Gasteiger partial charge in [0.05, 0.1) is 18.6 Å². The number of halogens is 1. The van der Waals surface area contributed by atoms with E-state index in [1.165, 1.54) is 18.2 Å². The minimum atomic E-state index is -1.35. The topological polar surface area (TPSA) is 128 Å². The van der Waals surface area contributed by atoms with Crippen LogP contribution in [0.1, 0.15) is 49.4 Å². The monoisotopic (exact) mass is 393 g/mol. The average Bonchev–Trinajstić information content (AvgIpc) is 3.11. The molecule has 0 spiro atoms. The Hall–Kier alpha value is -2.97. The van der Waals surface area contributed by atoms with Crippen molar-refractivity contribution in [1.29, 1.82) is 0 Å². The molecule has 3 amide bonds. The van der Waals surface area contributed by atoms with Gasteiger partial charge in [-0.25, -0.2) is 9.18 Å². The molecule has 2 rings (SSSR count). The molecule has 8 nitrogen and oxygen atoms in total. The Morgan fingerprint density at radius 1 is 1.21 bits per heavy atom. The van der Waals surface area contributed by atoms with Gasteiger partial charge >= 0.3 is 5.97 Å². The molecule has 4 N–H and O–H groups in total. The van der Waals surface area contributed by atoms with Gasteiger partial charge in [0.15, 0.2) is 0 Å². The summed E-state index contributed by atoms with van der Waals surface area (Å²) < 4.78 is 18.9. The lowest BCUT2D eigenvalue weighted by atomic mass is 9.96. The zero-order valence-electron chi connectivity index (χ0n) is 15.6. The van der Waals surface area contributed by atoms with Crippen molar-refractivity contribution < 1.29 is 28.3 Å². The molecule has 0 aliphatic heterocycles. The number of nitrogens with one attached hydrogen (secondary N) is 2. The first-order valence-corrected chi connectivity index (χ1v) is 9.12. The molecule has 1 aromatic rings. The number of hydrogen-bond acceptors (Lipinski definition) is 5. The number of carbonyl (C=O) groups excluding carboxylic acids is 4. The average molecular weight is 393 g/mol. The summed E-state index contributed by atoms with van der Waals surface area (Å²) in [5.74, 6) is -3.77. The Labute approximate surface area is 162 Å². The standard InChI is InChI=1S/C19H24FN3O5/c1-2-28-18(27)19(9-5-6-10-19)23-17(26)14(11-15(21)24)22-16(25)12-7-3-4-8-13(12)20/h3-4,7-8,14H,2,5-6,9-11H2,1H3,(H2,21,24)(H,22,25)(H,23,26). The van der Waals surface area contributed by atoms with E-state index in [9.17, 15) is 23.6 Å². The molecule has 1 aromatic carbocycles. The number of rotatable bonds is 8. The molecule has 9 heteroatoms. The van der Waals surface area contributed by atoms with Crippen molar-refractivity contribution in [1.82, 2.24) is 10.6 Å². The van der Waals surface area contributed by atoms with Gasteiger partial charge in [-0.15, -0.1) is 0 Å². The molecular weight excluding hydrogens is 369 g/mol. The molecule has 0 aromatic heterocycles. The molecule has 28 heavy (non-hydrogen) atoms. The number of benzene rings is 1. The van der Waals surface area contributed by atoms with E-state index in [0.29, 0.717) is 12.8 Å². The van der Waals surface area contributed by atoms with Gasteiger partial charge in [-0.3, -0.25) is 14.4 Å². The largest absolute Gasteiger partial charge is 0.464 e. The smallest absolute Gasteiger partial charge is 0.331 e. The first kappa shape index (κ1) is 21.3. The van der Waals surface area contributed by atoms with Crippen LogP contribution in [0.3, 0.4) is 0 Å². The molecule has 0 heterocycles. The van der Waals surface area contributed by atoms with Crippen LogP contribution in [0.5, 0.6) is 0 Å². The van der Waals surface area contributed by atoms with Gasteiger partial charge in [0, 0.05) is 0 Å². The predicted molar refractivity (Wildman–Crippen MR) is 97.4 cm³/mol. The van der Waals surface area contributed by atoms with Crippen LogP contribution < -0.4 is 16.4 Å². The fourth-order valence-corrected chi connectivity index (χ4v) is 3.24. The molecule has 1 atom stereocenters. The van der Waals surface area contributed by atoms with E-state index < -0.39 is 47.5 Å². The molecule has 1 fully saturated rings. The number of carbonyl (C=O) groups is 4. The minimum absolute atomic E-state index is 0.158. The van der Waals surface area contributed by atoms with Crippen molar-refractivity contribution >= 4 is 23.7 Å². The van der Waals surface area contributed by atoms with Gasteiger partial charge in [-0.2, -0.15) is 0 Å². The zero-order chi connectivity index (χ0) is 20.7. The van der Waals surface area contributed by atoms with Crippen molar-refractivity contribution in [3.05, 3.63) is 35.6 Å². The maximum absolute atomic E-state index is 13.8. The Bertz CT molecular complexity index is 762. The summed E-state index contributed by atoms with van der Waals surface area (Å²) in [5.41, 5.74) is 3.71. The van der Waals surface area contributed by atoms with Gasteiger partial charge in [0.25, 0.3) is 5.91 Å². The molecule has 1 unspecified atom stereocenters. The quantitative estimate of drug-likeness (QED) is 0.563. The van der Waals surface area contributed by atoms with E-state index in [1.54, 1.807) is 6.92 Å². The highest BCUT2D eigenvalue weighted by Gasteiger charge is 2.45. The second-order valence-corrected chi connectivity index (χ2v) is 6.68. The van der Waals surface area contributed by atoms with E-state index >= 15 is 0 Å². The molecule has 1 aliphatic carbocycles. The van der Waals surface area contributed by atoms with Crippen LogP contribution in [-0.4, -0.2) is 41.9 Å². The van der Waals surface area contributed by atoms with Gasteiger partial charge in [0.2, 0.25) is 11.8 Å². The van der Waals surface area contributed by atoms with Gasteiger partial charge in [-0.05, 0) is 31.9 Å². The number of ether oxygens (including phenoxy) is 1. The summed E-state index contributed by atoms with van der Waals surface area (Å²) in [4.78, 5) is 48.9. The van der Waals surface area contributed by atoms with Gasteiger partial charge < -0.3 is 21.1 Å². The Morgan fingerprint density at radius 2 is 1.86 bits per heavy atom. The second-order valence-electron chi connectivity index (χ2n) is 6.68. The maximum atomic E-state index is 13.8. The lowest BCUT2D eigenvalue weighted by Gasteiger charge is -2.30. The SMILES string of the molecule is CCOC(=O)C1(NC(=O)C(CC(N)=O)NC(=O)c2ccccc2F)CCCC1. The normalized spacial score (nSPS) is 16.1. The fraction of sp³-hybridized carbons (Fsp3) is 0.474. The van der Waals surface area contributed by atoms with Crippen LogP contribution in [0.25, 0.3) is 0 Å². The van der Waals surface area contributed by atoms with Crippen molar-refractivity contribution in [2.24, 2.45) is 5.73 Å². The van der Waals surface area contributed by atoms with E-state index in [1.807, 2.05) is 0 Å². The Kier molecular flexibility index (Phi) is 7.08.